The van der Waals surface area contributed by atoms with Crippen molar-refractivity contribution in [3.05, 3.63) is 87.7 Å². The van der Waals surface area contributed by atoms with E-state index in [1.807, 2.05) is 12.1 Å². The molecular formula is C22H17N5O5S2. The number of nitrogens with zero attached hydrogens (tertiary/aromatic N) is 3. The average molecular weight is 496 g/mol. The van der Waals surface area contributed by atoms with Gasteiger partial charge in [-0.2, -0.15) is 0 Å². The molecule has 34 heavy (non-hydrogen) atoms. The van der Waals surface area contributed by atoms with Crippen LogP contribution in [0.1, 0.15) is 15.9 Å². The number of sulfonamides is 1. The molecular weight excluding hydrogens is 478 g/mol. The number of carbonyl (C=O) groups is 1. The number of nitrogens with one attached hydrogen (secondary N) is 2. The second kappa shape index (κ2) is 9.45. The lowest BCUT2D eigenvalue weighted by Crippen LogP contribution is -2.34. The van der Waals surface area contributed by atoms with Crippen molar-refractivity contribution in [2.24, 2.45) is 10.4 Å². The molecule has 12 heteroatoms. The molecule has 0 unspecified atom stereocenters. The molecule has 0 spiro atoms. The molecule has 172 valence electrons. The Kier molecular flexibility index (Phi) is 6.43. The zero-order valence-corrected chi connectivity index (χ0v) is 19.1. The maximum Gasteiger partial charge on any atom is 0.264 e. The molecule has 0 aliphatic carbocycles. The first-order valence-electron chi connectivity index (χ1n) is 9.96. The number of nitroso groups, excluding NO2 is 2. The summed E-state index contributed by atoms with van der Waals surface area (Å²) in [6, 6.07) is 16.9. The highest BCUT2D eigenvalue weighted by Crippen LogP contribution is 2.32. The molecule has 2 N–H and O–H groups in total. The number of hydrogen-bond acceptors (Lipinski definition) is 8. The lowest BCUT2D eigenvalue weighted by Gasteiger charge is -2.19. The summed E-state index contributed by atoms with van der Waals surface area (Å²) >= 11 is 5.13. The van der Waals surface area contributed by atoms with Gasteiger partial charge in [0.25, 0.3) is 15.9 Å². The molecule has 0 aromatic heterocycles. The molecule has 4 rings (SSSR count). The highest BCUT2D eigenvalue weighted by molar-refractivity contribution is 7.92. The van der Waals surface area contributed by atoms with Crippen LogP contribution in [0.5, 0.6) is 0 Å². The minimum atomic E-state index is -3.73. The topological polar surface area (TPSA) is 137 Å². The van der Waals surface area contributed by atoms with Crippen molar-refractivity contribution in [3.63, 3.8) is 0 Å². The van der Waals surface area contributed by atoms with Crippen LogP contribution in [-0.4, -0.2) is 26.0 Å². The minimum Gasteiger partial charge on any atom is -0.332 e. The van der Waals surface area contributed by atoms with Crippen LogP contribution in [0.2, 0.25) is 0 Å². The lowest BCUT2D eigenvalue weighted by molar-refractivity contribution is 0.0977. The number of thiocarbonyl (C=S) groups is 1. The van der Waals surface area contributed by atoms with Crippen molar-refractivity contribution in [3.8, 4) is 0 Å². The van der Waals surface area contributed by atoms with E-state index in [0.29, 0.717) is 24.3 Å². The van der Waals surface area contributed by atoms with Crippen LogP contribution in [-0.2, 0) is 16.4 Å². The van der Waals surface area contributed by atoms with E-state index in [4.69, 9.17) is 12.2 Å². The summed E-state index contributed by atoms with van der Waals surface area (Å²) in [5.74, 6) is -0.681. The van der Waals surface area contributed by atoms with Crippen molar-refractivity contribution in [2.75, 3.05) is 16.2 Å². The number of benzene rings is 3. The van der Waals surface area contributed by atoms with Gasteiger partial charge in [-0.25, -0.2) is 8.42 Å². The second-order valence-electron chi connectivity index (χ2n) is 7.31. The monoisotopic (exact) mass is 495 g/mol. The third-order valence-corrected chi connectivity index (χ3v) is 7.18. The zero-order chi connectivity index (χ0) is 24.3. The van der Waals surface area contributed by atoms with Crippen LogP contribution in [0, 0.1) is 9.81 Å². The van der Waals surface area contributed by atoms with Crippen LogP contribution in [0.25, 0.3) is 0 Å². The van der Waals surface area contributed by atoms with Gasteiger partial charge in [-0.15, -0.1) is 9.81 Å². The molecule has 0 saturated carbocycles. The fourth-order valence-corrected chi connectivity index (χ4v) is 5.28. The van der Waals surface area contributed by atoms with Crippen molar-refractivity contribution >= 4 is 56.0 Å². The fraction of sp³-hybridized carbons (Fsp3) is 0.0909. The number of rotatable bonds is 6. The number of para-hydroxylation sites is 1. The van der Waals surface area contributed by atoms with Crippen molar-refractivity contribution in [1.29, 1.82) is 0 Å². The molecule has 0 bridgehead atoms. The van der Waals surface area contributed by atoms with E-state index >= 15 is 0 Å². The van der Waals surface area contributed by atoms with E-state index in [9.17, 15) is 23.0 Å². The van der Waals surface area contributed by atoms with Crippen LogP contribution in [0.4, 0.5) is 22.7 Å². The van der Waals surface area contributed by atoms with E-state index in [-0.39, 0.29) is 26.9 Å². The maximum atomic E-state index is 13.1. The second-order valence-corrected chi connectivity index (χ2v) is 9.58. The Labute approximate surface area is 200 Å². The van der Waals surface area contributed by atoms with E-state index in [2.05, 4.69) is 21.0 Å². The Morgan fingerprint density at radius 1 is 0.941 bits per heavy atom. The largest absolute Gasteiger partial charge is 0.332 e. The maximum absolute atomic E-state index is 13.1. The highest BCUT2D eigenvalue weighted by atomic mass is 32.2. The normalized spacial score (nSPS) is 12.5. The van der Waals surface area contributed by atoms with Crippen molar-refractivity contribution < 1.29 is 13.2 Å². The van der Waals surface area contributed by atoms with Gasteiger partial charge in [0.2, 0.25) is 0 Å². The first kappa shape index (κ1) is 23.1. The van der Waals surface area contributed by atoms with Gasteiger partial charge < -0.3 is 5.32 Å². The van der Waals surface area contributed by atoms with E-state index in [1.54, 1.807) is 12.1 Å². The van der Waals surface area contributed by atoms with Gasteiger partial charge in [-0.3, -0.25) is 14.4 Å². The van der Waals surface area contributed by atoms with Gasteiger partial charge in [0, 0.05) is 17.8 Å². The van der Waals surface area contributed by atoms with Crippen LogP contribution < -0.4 is 14.9 Å². The molecule has 1 aliphatic rings. The predicted molar refractivity (Wildman–Crippen MR) is 132 cm³/mol. The average Bonchev–Trinajstić information content (AvgIpc) is 3.29. The number of fused-ring (bicyclic) bond motifs is 1. The Morgan fingerprint density at radius 2 is 1.59 bits per heavy atom. The molecule has 1 aliphatic heterocycles. The van der Waals surface area contributed by atoms with Crippen molar-refractivity contribution in [1.82, 2.24) is 5.32 Å². The van der Waals surface area contributed by atoms with Gasteiger partial charge >= 0.3 is 0 Å². The first-order valence-corrected chi connectivity index (χ1v) is 11.8. The van der Waals surface area contributed by atoms with Crippen LogP contribution in [0.15, 0.2) is 82.0 Å². The van der Waals surface area contributed by atoms with Gasteiger partial charge in [0.1, 0.15) is 11.4 Å². The van der Waals surface area contributed by atoms with Crippen LogP contribution >= 0.6 is 12.2 Å². The molecule has 0 fully saturated rings. The Hall–Kier alpha value is -4.03. The van der Waals surface area contributed by atoms with Gasteiger partial charge in [0.15, 0.2) is 5.11 Å². The summed E-state index contributed by atoms with van der Waals surface area (Å²) in [6.45, 7) is 0.375. The van der Waals surface area contributed by atoms with Crippen molar-refractivity contribution in [2.45, 2.75) is 11.3 Å². The molecule has 10 nitrogen and oxygen atoms in total. The molecule has 1 heterocycles. The number of hydrogen-bond donors (Lipinski definition) is 2. The summed E-state index contributed by atoms with van der Waals surface area (Å²) in [4.78, 5) is 34.0. The molecule has 0 radical (unpaired) electrons. The third-order valence-electron chi connectivity index (χ3n) is 5.15. The third kappa shape index (κ3) is 4.67. The first-order chi connectivity index (χ1) is 16.3. The lowest BCUT2D eigenvalue weighted by atomic mass is 10.1. The summed E-state index contributed by atoms with van der Waals surface area (Å²) < 4.78 is 27.6. The molecule has 3 aromatic rings. The fourth-order valence-electron chi connectivity index (χ4n) is 3.56. The smallest absolute Gasteiger partial charge is 0.264 e. The number of anilines is 2. The SMILES string of the molecule is O=Nc1cc(N=O)cc(C(=O)NC(=S)Nc2ccc(S(=O)(=O)N3CCc4ccccc43)cc2)c1. The summed E-state index contributed by atoms with van der Waals surface area (Å²) in [6.07, 6.45) is 0.652. The summed E-state index contributed by atoms with van der Waals surface area (Å²) in [5.41, 5.74) is 1.83. The summed E-state index contributed by atoms with van der Waals surface area (Å²) in [5, 5.41) is 10.5. The Balaban J connectivity index is 1.44. The van der Waals surface area contributed by atoms with E-state index in [0.717, 1.165) is 11.6 Å². The zero-order valence-electron chi connectivity index (χ0n) is 17.5. The van der Waals surface area contributed by atoms with Gasteiger partial charge in [-0.05, 0) is 83.1 Å². The number of amides is 1. The quantitative estimate of drug-likeness (QED) is 0.383. The highest BCUT2D eigenvalue weighted by Gasteiger charge is 2.30. The Bertz CT molecular complexity index is 1380. The minimum absolute atomic E-state index is 0.0248. The molecule has 3 aromatic carbocycles. The van der Waals surface area contributed by atoms with Gasteiger partial charge in [0.05, 0.1) is 10.6 Å². The van der Waals surface area contributed by atoms with E-state index in [1.165, 1.54) is 40.7 Å². The molecule has 0 atom stereocenters. The van der Waals surface area contributed by atoms with Gasteiger partial charge in [-0.1, -0.05) is 18.2 Å². The molecule has 0 saturated heterocycles. The molecule has 1 amide bonds. The van der Waals surface area contributed by atoms with Crippen LogP contribution in [0.3, 0.4) is 0 Å². The number of carbonyl (C=O) groups excluding carboxylic acids is 1. The van der Waals surface area contributed by atoms with E-state index < -0.39 is 15.9 Å². The predicted octanol–water partition coefficient (Wildman–Crippen LogP) is 4.36. The Morgan fingerprint density at radius 3 is 2.24 bits per heavy atom. The standard InChI is InChI=1S/C22H17N5O5S2/c28-21(15-11-17(25-29)13-18(12-15)26-30)24-22(33)23-16-5-7-19(8-6-16)34(31,32)27-10-9-14-3-1-2-4-20(14)27/h1-8,11-13H,9-10H2,(H2,23,24,28,33). The summed E-state index contributed by atoms with van der Waals surface area (Å²) in [7, 11) is -3.73.